The monoisotopic (exact) mass is 221 g/mol. The van der Waals surface area contributed by atoms with Crippen LogP contribution in [0.15, 0.2) is 47.3 Å². The van der Waals surface area contributed by atoms with E-state index in [0.717, 1.165) is 21.9 Å². The highest BCUT2D eigenvalue weighted by molar-refractivity contribution is 5.98. The van der Waals surface area contributed by atoms with E-state index < -0.39 is 0 Å². The van der Waals surface area contributed by atoms with Crippen molar-refractivity contribution in [3.05, 3.63) is 42.9 Å². The molecule has 0 saturated heterocycles. The maximum Gasteiger partial charge on any atom is 0.231 e. The molecule has 0 amide bonds. The van der Waals surface area contributed by atoms with Crippen molar-refractivity contribution in [2.75, 3.05) is 0 Å². The van der Waals surface area contributed by atoms with Gasteiger partial charge in [0.2, 0.25) is 11.6 Å². The molecule has 80 valence electrons. The van der Waals surface area contributed by atoms with Gasteiger partial charge in [0.05, 0.1) is 10.9 Å². The topological polar surface area (TPSA) is 51.8 Å². The molecule has 4 rings (SSSR count). The molecule has 0 fully saturated rings. The van der Waals surface area contributed by atoms with Crippen LogP contribution in [-0.4, -0.2) is 15.0 Å². The van der Waals surface area contributed by atoms with E-state index in [4.69, 9.17) is 4.42 Å². The fourth-order valence-electron chi connectivity index (χ4n) is 2.06. The van der Waals surface area contributed by atoms with Crippen LogP contribution in [0.25, 0.3) is 33.5 Å². The van der Waals surface area contributed by atoms with Gasteiger partial charge in [-0.3, -0.25) is 0 Å². The summed E-state index contributed by atoms with van der Waals surface area (Å²) in [6.07, 6.45) is 3.22. The molecule has 1 aromatic heterocycles. The largest absolute Gasteiger partial charge is 0.419 e. The first-order chi connectivity index (χ1) is 8.42. The second-order valence-corrected chi connectivity index (χ2v) is 3.88. The summed E-state index contributed by atoms with van der Waals surface area (Å²) in [5.74, 6) is 0.623. The summed E-state index contributed by atoms with van der Waals surface area (Å²) >= 11 is 0. The molecule has 2 aliphatic rings. The van der Waals surface area contributed by atoms with Gasteiger partial charge in [0.1, 0.15) is 6.33 Å². The average molecular weight is 221 g/mol. The van der Waals surface area contributed by atoms with Crippen molar-refractivity contribution in [3.63, 3.8) is 0 Å². The minimum absolute atomic E-state index is 0.565. The molecule has 0 saturated carbocycles. The number of para-hydroxylation sites is 1. The Hall–Kier alpha value is -2.49. The van der Waals surface area contributed by atoms with E-state index in [2.05, 4.69) is 15.0 Å². The first-order valence-corrected chi connectivity index (χ1v) is 5.30. The van der Waals surface area contributed by atoms with Crippen LogP contribution in [-0.2, 0) is 0 Å². The Kier molecular flexibility index (Phi) is 1.53. The predicted octanol–water partition coefficient (Wildman–Crippen LogP) is 2.88. The Morgan fingerprint density at radius 3 is 3.06 bits per heavy atom. The number of nitrogens with zero attached hydrogens (tertiary/aromatic N) is 3. The summed E-state index contributed by atoms with van der Waals surface area (Å²) in [5, 5.41) is 1.98. The van der Waals surface area contributed by atoms with Crippen molar-refractivity contribution in [1.82, 2.24) is 15.0 Å². The molecule has 4 heteroatoms. The molecule has 0 aliphatic carbocycles. The number of benzene rings is 1. The molecule has 2 aromatic rings. The lowest BCUT2D eigenvalue weighted by atomic mass is 10.1. The van der Waals surface area contributed by atoms with Gasteiger partial charge in [0.15, 0.2) is 0 Å². The number of hydrogen-bond donors (Lipinski definition) is 0. The van der Waals surface area contributed by atoms with Crippen molar-refractivity contribution in [2.45, 2.75) is 0 Å². The molecular formula is C13H7N3O. The third-order valence-corrected chi connectivity index (χ3v) is 2.84. The molecule has 0 N–H and O–H groups in total. The zero-order valence-electron chi connectivity index (χ0n) is 8.79. The Morgan fingerprint density at radius 2 is 2.06 bits per heavy atom. The van der Waals surface area contributed by atoms with Crippen LogP contribution >= 0.6 is 0 Å². The molecule has 2 aliphatic heterocycles. The lowest BCUT2D eigenvalue weighted by molar-refractivity contribution is 0.591. The minimum atomic E-state index is 0.565. The predicted molar refractivity (Wildman–Crippen MR) is 63.7 cm³/mol. The highest BCUT2D eigenvalue weighted by atomic mass is 16.3. The fourth-order valence-corrected chi connectivity index (χ4v) is 2.06. The summed E-state index contributed by atoms with van der Waals surface area (Å²) in [4.78, 5) is 12.5. The molecule has 0 bridgehead atoms. The van der Waals surface area contributed by atoms with Crippen molar-refractivity contribution >= 4 is 22.0 Å². The molecule has 0 unspecified atom stereocenters. The smallest absolute Gasteiger partial charge is 0.231 e. The maximum absolute atomic E-state index is 5.67. The van der Waals surface area contributed by atoms with Crippen molar-refractivity contribution in [1.29, 1.82) is 0 Å². The molecular weight excluding hydrogens is 214 g/mol. The summed E-state index contributed by atoms with van der Waals surface area (Å²) in [6, 6.07) is 9.99. The molecule has 3 heterocycles. The maximum atomic E-state index is 5.67. The third kappa shape index (κ3) is 1.15. The summed E-state index contributed by atoms with van der Waals surface area (Å²) < 4.78 is 5.67. The quantitative estimate of drug-likeness (QED) is 0.458. The zero-order valence-corrected chi connectivity index (χ0v) is 8.79. The summed E-state index contributed by atoms with van der Waals surface area (Å²) in [6.45, 7) is 0. The van der Waals surface area contributed by atoms with Gasteiger partial charge in [-0.25, -0.2) is 15.0 Å². The standard InChI is InChI=1S/C13H7N3O/c1-2-4-11-9(3-1)10-5-8-6-14-7-15-12(8)17-13(10)16-11/h1-7H. The van der Waals surface area contributed by atoms with Gasteiger partial charge in [0, 0.05) is 17.1 Å². The molecule has 0 radical (unpaired) electrons. The van der Waals surface area contributed by atoms with Crippen molar-refractivity contribution in [3.8, 4) is 11.5 Å². The van der Waals surface area contributed by atoms with Gasteiger partial charge in [-0.2, -0.15) is 0 Å². The van der Waals surface area contributed by atoms with Crippen LogP contribution in [0, 0.1) is 0 Å². The van der Waals surface area contributed by atoms with Crippen LogP contribution in [0.3, 0.4) is 0 Å². The first kappa shape index (κ1) is 8.64. The van der Waals surface area contributed by atoms with Gasteiger partial charge < -0.3 is 4.42 Å². The minimum Gasteiger partial charge on any atom is -0.419 e. The Labute approximate surface area is 96.3 Å². The van der Waals surface area contributed by atoms with E-state index in [-0.39, 0.29) is 0 Å². The number of aromatic nitrogens is 3. The number of rotatable bonds is 0. The lowest BCUT2D eigenvalue weighted by Gasteiger charge is -1.99. The van der Waals surface area contributed by atoms with E-state index in [1.165, 1.54) is 6.33 Å². The normalized spacial score (nSPS) is 11.5. The van der Waals surface area contributed by atoms with E-state index in [0.29, 0.717) is 11.6 Å². The lowest BCUT2D eigenvalue weighted by Crippen LogP contribution is -1.84. The van der Waals surface area contributed by atoms with E-state index >= 15 is 0 Å². The highest BCUT2D eigenvalue weighted by Gasteiger charge is 2.15. The number of hydrogen-bond acceptors (Lipinski definition) is 4. The number of fused-ring (bicyclic) bond motifs is 4. The highest BCUT2D eigenvalue weighted by Crippen LogP contribution is 2.33. The van der Waals surface area contributed by atoms with Gasteiger partial charge >= 0.3 is 0 Å². The van der Waals surface area contributed by atoms with Gasteiger partial charge in [0.25, 0.3) is 0 Å². The Balaban J connectivity index is 2.25. The van der Waals surface area contributed by atoms with Crippen molar-refractivity contribution < 1.29 is 4.42 Å². The summed E-state index contributed by atoms with van der Waals surface area (Å²) in [7, 11) is 0. The molecule has 0 spiro atoms. The fraction of sp³-hybridized carbons (Fsp3) is 0. The zero-order chi connectivity index (χ0) is 11.2. The van der Waals surface area contributed by atoms with E-state index in [1.54, 1.807) is 6.20 Å². The third-order valence-electron chi connectivity index (χ3n) is 2.84. The van der Waals surface area contributed by atoms with Crippen LogP contribution in [0.1, 0.15) is 0 Å². The van der Waals surface area contributed by atoms with Crippen LogP contribution in [0.4, 0.5) is 0 Å². The Bertz CT molecular complexity index is 800. The molecule has 1 aromatic carbocycles. The van der Waals surface area contributed by atoms with Crippen molar-refractivity contribution in [2.24, 2.45) is 0 Å². The van der Waals surface area contributed by atoms with Gasteiger partial charge in [-0.15, -0.1) is 0 Å². The second kappa shape index (κ2) is 3.01. The summed E-state index contributed by atoms with van der Waals surface area (Å²) in [5.41, 5.74) is 2.51. The molecule has 0 atom stereocenters. The van der Waals surface area contributed by atoms with Crippen LogP contribution in [0.2, 0.25) is 0 Å². The molecule has 17 heavy (non-hydrogen) atoms. The van der Waals surface area contributed by atoms with E-state index in [9.17, 15) is 0 Å². The Morgan fingerprint density at radius 1 is 1.12 bits per heavy atom. The van der Waals surface area contributed by atoms with E-state index in [1.807, 2.05) is 30.3 Å². The SMILES string of the molecule is c1ccc2c3cc4cncnc4oc-3nc2c1. The van der Waals surface area contributed by atoms with Gasteiger partial charge in [-0.1, -0.05) is 18.2 Å². The first-order valence-electron chi connectivity index (χ1n) is 5.30. The van der Waals surface area contributed by atoms with Crippen LogP contribution < -0.4 is 0 Å². The van der Waals surface area contributed by atoms with Gasteiger partial charge in [-0.05, 0) is 12.1 Å². The average Bonchev–Trinajstić information content (AvgIpc) is 2.73. The van der Waals surface area contributed by atoms with Crippen LogP contribution in [0.5, 0.6) is 0 Å². The molecule has 4 nitrogen and oxygen atoms in total. The second-order valence-electron chi connectivity index (χ2n) is 3.88.